The lowest BCUT2D eigenvalue weighted by Gasteiger charge is -2.29. The molecule has 282 valence electrons. The summed E-state index contributed by atoms with van der Waals surface area (Å²) < 4.78 is 7.51. The van der Waals surface area contributed by atoms with Gasteiger partial charge < -0.3 is 9.32 Å². The molecule has 10 aromatic rings. The van der Waals surface area contributed by atoms with Crippen molar-refractivity contribution in [1.82, 2.24) is 0 Å². The van der Waals surface area contributed by atoms with Crippen molar-refractivity contribution in [3.63, 3.8) is 0 Å². The minimum Gasteiger partial charge on any atom is -0.456 e. The molecular formula is C56H41NOS. The number of thiophene rings is 1. The van der Waals surface area contributed by atoms with Crippen molar-refractivity contribution in [1.29, 1.82) is 0 Å². The minimum atomic E-state index is -0.114. The summed E-state index contributed by atoms with van der Waals surface area (Å²) in [5.41, 5.74) is 19.5. The molecule has 0 amide bonds. The predicted octanol–water partition coefficient (Wildman–Crippen LogP) is 16.2. The maximum atomic E-state index is 6.15. The van der Waals surface area contributed by atoms with Gasteiger partial charge in [0.2, 0.25) is 0 Å². The van der Waals surface area contributed by atoms with Gasteiger partial charge in [0.15, 0.2) is 0 Å². The van der Waals surface area contributed by atoms with E-state index in [0.717, 1.165) is 39.0 Å². The van der Waals surface area contributed by atoms with Crippen LogP contribution in [0.2, 0.25) is 0 Å². The summed E-state index contributed by atoms with van der Waals surface area (Å²) in [6, 6.07) is 64.8. The summed E-state index contributed by atoms with van der Waals surface area (Å²) in [6.45, 7) is 9.53. The first-order chi connectivity index (χ1) is 28.8. The third-order valence-corrected chi connectivity index (χ3v) is 14.5. The zero-order chi connectivity index (χ0) is 39.6. The first-order valence-electron chi connectivity index (χ1n) is 20.6. The van der Waals surface area contributed by atoms with Crippen LogP contribution in [-0.4, -0.2) is 0 Å². The fourth-order valence-electron chi connectivity index (χ4n) is 10.4. The summed E-state index contributed by atoms with van der Waals surface area (Å²) in [4.78, 5) is 3.84. The average molecular weight is 776 g/mol. The van der Waals surface area contributed by atoms with E-state index in [1.807, 2.05) is 23.5 Å². The molecule has 12 rings (SSSR count). The number of benzene rings is 8. The molecule has 0 saturated carbocycles. The number of anilines is 3. The van der Waals surface area contributed by atoms with E-state index in [1.54, 1.807) is 0 Å². The molecule has 2 aliphatic carbocycles. The molecule has 3 heteroatoms. The molecule has 0 bridgehead atoms. The topological polar surface area (TPSA) is 16.4 Å². The molecular weight excluding hydrogens is 735 g/mol. The van der Waals surface area contributed by atoms with Gasteiger partial charge in [0, 0.05) is 48.2 Å². The van der Waals surface area contributed by atoms with Crippen LogP contribution < -0.4 is 4.90 Å². The highest BCUT2D eigenvalue weighted by molar-refractivity contribution is 7.22. The number of rotatable bonds is 5. The highest BCUT2D eigenvalue weighted by Gasteiger charge is 2.40. The van der Waals surface area contributed by atoms with Crippen molar-refractivity contribution >= 4 is 60.4 Å². The van der Waals surface area contributed by atoms with Crippen molar-refractivity contribution in [2.24, 2.45) is 0 Å². The normalized spacial score (nSPS) is 14.4. The fraction of sp³-hybridized carbons (Fsp3) is 0.107. The molecule has 2 aromatic heterocycles. The number of para-hydroxylation sites is 1. The molecule has 2 aliphatic rings. The first kappa shape index (κ1) is 34.4. The second-order valence-corrected chi connectivity index (χ2v) is 18.3. The Kier molecular flexibility index (Phi) is 7.23. The van der Waals surface area contributed by atoms with Gasteiger partial charge in [0.25, 0.3) is 0 Å². The zero-order valence-electron chi connectivity index (χ0n) is 33.5. The van der Waals surface area contributed by atoms with Crippen LogP contribution in [0.4, 0.5) is 17.1 Å². The van der Waals surface area contributed by atoms with E-state index < -0.39 is 0 Å². The van der Waals surface area contributed by atoms with Crippen molar-refractivity contribution in [2.75, 3.05) is 4.90 Å². The molecule has 0 aliphatic heterocycles. The summed E-state index contributed by atoms with van der Waals surface area (Å²) in [6.07, 6.45) is 0. The highest BCUT2D eigenvalue weighted by Crippen LogP contribution is 2.58. The molecule has 2 nitrogen and oxygen atoms in total. The Hall–Kier alpha value is -6.68. The second kappa shape index (κ2) is 12.4. The molecule has 0 atom stereocenters. The van der Waals surface area contributed by atoms with E-state index in [1.165, 1.54) is 76.2 Å². The average Bonchev–Trinajstić information content (AvgIpc) is 3.97. The van der Waals surface area contributed by atoms with E-state index in [-0.39, 0.29) is 10.8 Å². The van der Waals surface area contributed by atoms with E-state index in [0.29, 0.717) is 0 Å². The Morgan fingerprint density at radius 1 is 0.407 bits per heavy atom. The predicted molar refractivity (Wildman–Crippen MR) is 250 cm³/mol. The van der Waals surface area contributed by atoms with E-state index >= 15 is 0 Å². The van der Waals surface area contributed by atoms with Gasteiger partial charge in [-0.1, -0.05) is 143 Å². The van der Waals surface area contributed by atoms with Crippen LogP contribution in [0.15, 0.2) is 180 Å². The monoisotopic (exact) mass is 775 g/mol. The van der Waals surface area contributed by atoms with Gasteiger partial charge in [-0.3, -0.25) is 0 Å². The van der Waals surface area contributed by atoms with Gasteiger partial charge in [0.05, 0.1) is 0 Å². The van der Waals surface area contributed by atoms with Crippen LogP contribution in [0, 0.1) is 0 Å². The summed E-state index contributed by atoms with van der Waals surface area (Å²) in [7, 11) is 0. The SMILES string of the molecule is CC1(C)c2ccccc2-c2ccc(N(c3ccc(-c4ccc5oc6ccccc6c5c4)cc3)c3ccc(-c4cccc5c4C(C)(C)c4c-5sc5ccccc45)cc3)cc21. The summed E-state index contributed by atoms with van der Waals surface area (Å²) >= 11 is 1.93. The van der Waals surface area contributed by atoms with Crippen molar-refractivity contribution in [2.45, 2.75) is 38.5 Å². The van der Waals surface area contributed by atoms with Crippen LogP contribution in [0.1, 0.15) is 49.9 Å². The third-order valence-electron chi connectivity index (χ3n) is 13.3. The lowest BCUT2D eigenvalue weighted by Crippen LogP contribution is -2.17. The Labute approximate surface area is 348 Å². The Balaban J connectivity index is 0.963. The minimum absolute atomic E-state index is 0.106. The van der Waals surface area contributed by atoms with Crippen LogP contribution in [0.3, 0.4) is 0 Å². The van der Waals surface area contributed by atoms with Gasteiger partial charge in [-0.15, -0.1) is 11.3 Å². The molecule has 0 spiro atoms. The quantitative estimate of drug-likeness (QED) is 0.173. The Morgan fingerprint density at radius 2 is 1.02 bits per heavy atom. The van der Waals surface area contributed by atoms with E-state index in [2.05, 4.69) is 196 Å². The number of fused-ring (bicyclic) bond motifs is 11. The number of hydrogen-bond donors (Lipinski definition) is 0. The lowest BCUT2D eigenvalue weighted by molar-refractivity contribution is 0.660. The molecule has 2 heterocycles. The highest BCUT2D eigenvalue weighted by atomic mass is 32.1. The Morgan fingerprint density at radius 3 is 1.83 bits per heavy atom. The molecule has 0 unspecified atom stereocenters. The fourth-order valence-corrected chi connectivity index (χ4v) is 11.8. The van der Waals surface area contributed by atoms with Gasteiger partial charge >= 0.3 is 0 Å². The molecule has 0 radical (unpaired) electrons. The number of hydrogen-bond acceptors (Lipinski definition) is 3. The van der Waals surface area contributed by atoms with Crippen molar-refractivity contribution < 1.29 is 4.42 Å². The molecule has 0 N–H and O–H groups in total. The molecule has 8 aromatic carbocycles. The Bertz CT molecular complexity index is 3320. The van der Waals surface area contributed by atoms with Gasteiger partial charge in [-0.2, -0.15) is 0 Å². The van der Waals surface area contributed by atoms with Crippen LogP contribution in [0.5, 0.6) is 0 Å². The smallest absolute Gasteiger partial charge is 0.135 e. The molecule has 59 heavy (non-hydrogen) atoms. The third kappa shape index (κ3) is 4.98. The van der Waals surface area contributed by atoms with Gasteiger partial charge in [0.1, 0.15) is 11.2 Å². The summed E-state index contributed by atoms with van der Waals surface area (Å²) in [5.74, 6) is 0. The summed E-state index contributed by atoms with van der Waals surface area (Å²) in [5, 5.41) is 3.67. The van der Waals surface area contributed by atoms with Crippen LogP contribution in [0.25, 0.3) is 75.8 Å². The zero-order valence-corrected chi connectivity index (χ0v) is 34.3. The van der Waals surface area contributed by atoms with Gasteiger partial charge in [-0.05, 0) is 127 Å². The van der Waals surface area contributed by atoms with Crippen LogP contribution >= 0.6 is 11.3 Å². The standard InChI is InChI=1S/C56H41NOS/c1-55(2)47-17-8-5-12-41(47)42-30-29-39(33-48(42)55)57(37-25-20-34(21-26-37)36-24-31-50-46(32-36)43-13-6-9-18-49(43)58-50)38-27-22-35(23-28-38)40-15-11-16-45-52(40)56(3,4)53-44-14-7-10-19-51(44)59-54(45)53/h5-33H,1-4H3. The largest absolute Gasteiger partial charge is 0.456 e. The number of furan rings is 1. The molecule has 0 fully saturated rings. The first-order valence-corrected chi connectivity index (χ1v) is 21.4. The van der Waals surface area contributed by atoms with Crippen molar-refractivity contribution in [3.8, 4) is 43.8 Å². The van der Waals surface area contributed by atoms with Crippen LogP contribution in [-0.2, 0) is 10.8 Å². The lowest BCUT2D eigenvalue weighted by atomic mass is 9.78. The van der Waals surface area contributed by atoms with Gasteiger partial charge in [-0.25, -0.2) is 0 Å². The van der Waals surface area contributed by atoms with E-state index in [4.69, 9.17) is 4.42 Å². The maximum absolute atomic E-state index is 6.15. The second-order valence-electron chi connectivity index (χ2n) is 17.3. The van der Waals surface area contributed by atoms with E-state index in [9.17, 15) is 0 Å². The maximum Gasteiger partial charge on any atom is 0.135 e. The molecule has 0 saturated heterocycles. The van der Waals surface area contributed by atoms with Crippen molar-refractivity contribution in [3.05, 3.63) is 198 Å². The number of nitrogens with zero attached hydrogens (tertiary/aromatic N) is 1.